The molecule has 0 heterocycles. The van der Waals surface area contributed by atoms with Crippen molar-refractivity contribution in [3.63, 3.8) is 0 Å². The van der Waals surface area contributed by atoms with Gasteiger partial charge < -0.3 is 10.4 Å². The summed E-state index contributed by atoms with van der Waals surface area (Å²) in [7, 11) is 1.77. The molecule has 14 heavy (non-hydrogen) atoms. The number of nitrogens with zero attached hydrogens (tertiary/aromatic N) is 1. The van der Waals surface area contributed by atoms with E-state index in [9.17, 15) is 5.11 Å². The van der Waals surface area contributed by atoms with Gasteiger partial charge >= 0.3 is 0 Å². The van der Waals surface area contributed by atoms with Crippen LogP contribution < -0.4 is 5.32 Å². The van der Waals surface area contributed by atoms with Crippen LogP contribution in [0.5, 0.6) is 0 Å². The first-order valence-electron chi connectivity index (χ1n) is 4.21. The second-order valence-electron chi connectivity index (χ2n) is 2.92. The average Bonchev–Trinajstić information content (AvgIpc) is 2.19. The molecule has 0 aliphatic rings. The van der Waals surface area contributed by atoms with Gasteiger partial charge in [-0.3, -0.25) is 0 Å². The minimum Gasteiger partial charge on any atom is -0.387 e. The van der Waals surface area contributed by atoms with Crippen LogP contribution in [-0.2, 0) is 0 Å². The van der Waals surface area contributed by atoms with Crippen molar-refractivity contribution in [2.75, 3.05) is 13.6 Å². The third-order valence-corrected chi connectivity index (χ3v) is 2.60. The molecule has 1 rings (SSSR count). The molecule has 74 valence electrons. The van der Waals surface area contributed by atoms with E-state index in [1.54, 1.807) is 25.2 Å². The number of rotatable bonds is 3. The molecule has 0 bridgehead atoms. The topological polar surface area (TPSA) is 56.0 Å². The predicted molar refractivity (Wildman–Crippen MR) is 57.7 cm³/mol. The molecule has 0 aliphatic carbocycles. The molecule has 3 nitrogen and oxygen atoms in total. The van der Waals surface area contributed by atoms with Crippen LogP contribution in [0.25, 0.3) is 0 Å². The lowest BCUT2D eigenvalue weighted by Crippen LogP contribution is -2.17. The van der Waals surface area contributed by atoms with Gasteiger partial charge in [0.15, 0.2) is 0 Å². The van der Waals surface area contributed by atoms with Gasteiger partial charge in [-0.1, -0.05) is 15.9 Å². The molecule has 1 aromatic rings. The van der Waals surface area contributed by atoms with Crippen LogP contribution in [0.15, 0.2) is 22.7 Å². The number of likely N-dealkylation sites (N-methyl/N-ethyl adjacent to an activating group) is 1. The number of hydrogen-bond donors (Lipinski definition) is 2. The molecule has 0 aromatic heterocycles. The minimum absolute atomic E-state index is 0.466. The highest BCUT2D eigenvalue weighted by Crippen LogP contribution is 2.24. The predicted octanol–water partition coefficient (Wildman–Crippen LogP) is 1.57. The second-order valence-corrected chi connectivity index (χ2v) is 3.78. The molecule has 0 amide bonds. The van der Waals surface area contributed by atoms with Gasteiger partial charge in [-0.15, -0.1) is 0 Å². The molecule has 4 heteroatoms. The standard InChI is InChI=1S/C10H11BrN2O/c1-13-6-10(14)8-4-7(5-12)2-3-9(8)11/h2-4,10,13-14H,6H2,1H3. The Morgan fingerprint density at radius 2 is 2.36 bits per heavy atom. The summed E-state index contributed by atoms with van der Waals surface area (Å²) in [5.74, 6) is 0. The number of hydrogen-bond acceptors (Lipinski definition) is 3. The number of benzene rings is 1. The number of aliphatic hydroxyl groups excluding tert-OH is 1. The lowest BCUT2D eigenvalue weighted by Gasteiger charge is -2.12. The number of aliphatic hydroxyl groups is 1. The Morgan fingerprint density at radius 1 is 1.64 bits per heavy atom. The Labute approximate surface area is 91.5 Å². The van der Waals surface area contributed by atoms with Gasteiger partial charge in [0.2, 0.25) is 0 Å². The maximum Gasteiger partial charge on any atom is 0.0991 e. The molecule has 1 atom stereocenters. The fourth-order valence-electron chi connectivity index (χ4n) is 1.17. The first-order valence-corrected chi connectivity index (χ1v) is 5.00. The van der Waals surface area contributed by atoms with Crippen molar-refractivity contribution in [3.8, 4) is 6.07 Å². The van der Waals surface area contributed by atoms with Gasteiger partial charge in [0.05, 0.1) is 17.7 Å². The largest absolute Gasteiger partial charge is 0.387 e. The van der Waals surface area contributed by atoms with Crippen LogP contribution in [0.2, 0.25) is 0 Å². The van der Waals surface area contributed by atoms with E-state index < -0.39 is 6.10 Å². The van der Waals surface area contributed by atoms with Crippen LogP contribution in [0.1, 0.15) is 17.2 Å². The van der Waals surface area contributed by atoms with Crippen molar-refractivity contribution >= 4 is 15.9 Å². The van der Waals surface area contributed by atoms with Crippen molar-refractivity contribution in [3.05, 3.63) is 33.8 Å². The number of halogens is 1. The summed E-state index contributed by atoms with van der Waals surface area (Å²) < 4.78 is 0.819. The van der Waals surface area contributed by atoms with Crippen LogP contribution >= 0.6 is 15.9 Å². The van der Waals surface area contributed by atoms with E-state index in [-0.39, 0.29) is 0 Å². The first kappa shape index (κ1) is 11.2. The van der Waals surface area contributed by atoms with Crippen LogP contribution in [0, 0.1) is 11.3 Å². The minimum atomic E-state index is -0.595. The highest BCUT2D eigenvalue weighted by Gasteiger charge is 2.10. The zero-order valence-corrected chi connectivity index (χ0v) is 9.37. The summed E-state index contributed by atoms with van der Waals surface area (Å²) in [5.41, 5.74) is 1.29. The van der Waals surface area contributed by atoms with Crippen molar-refractivity contribution in [1.29, 1.82) is 5.26 Å². The van der Waals surface area contributed by atoms with Crippen molar-refractivity contribution in [2.24, 2.45) is 0 Å². The fraction of sp³-hybridized carbons (Fsp3) is 0.300. The third-order valence-electron chi connectivity index (χ3n) is 1.88. The van der Waals surface area contributed by atoms with Gasteiger partial charge in [0, 0.05) is 11.0 Å². The van der Waals surface area contributed by atoms with E-state index in [1.165, 1.54) is 0 Å². The SMILES string of the molecule is CNCC(O)c1cc(C#N)ccc1Br. The Morgan fingerprint density at radius 3 is 2.93 bits per heavy atom. The molecular formula is C10H11BrN2O. The zero-order valence-electron chi connectivity index (χ0n) is 7.79. The van der Waals surface area contributed by atoms with Gasteiger partial charge in [-0.05, 0) is 30.8 Å². The van der Waals surface area contributed by atoms with Gasteiger partial charge in [-0.2, -0.15) is 5.26 Å². The molecule has 0 fully saturated rings. The highest BCUT2D eigenvalue weighted by molar-refractivity contribution is 9.10. The Hall–Kier alpha value is -0.890. The Balaban J connectivity index is 3.01. The van der Waals surface area contributed by atoms with Crippen molar-refractivity contribution < 1.29 is 5.11 Å². The maximum atomic E-state index is 9.72. The van der Waals surface area contributed by atoms with E-state index in [0.29, 0.717) is 12.1 Å². The molecule has 0 saturated carbocycles. The molecule has 1 aromatic carbocycles. The fourth-order valence-corrected chi connectivity index (χ4v) is 1.68. The number of nitriles is 1. The molecule has 0 aliphatic heterocycles. The van der Waals surface area contributed by atoms with Crippen molar-refractivity contribution in [2.45, 2.75) is 6.10 Å². The third kappa shape index (κ3) is 2.55. The molecule has 1 unspecified atom stereocenters. The summed E-state index contributed by atoms with van der Waals surface area (Å²) in [6, 6.07) is 7.20. The van der Waals surface area contributed by atoms with Gasteiger partial charge in [0.1, 0.15) is 0 Å². The van der Waals surface area contributed by atoms with Crippen LogP contribution in [-0.4, -0.2) is 18.7 Å². The smallest absolute Gasteiger partial charge is 0.0991 e. The summed E-state index contributed by atoms with van der Waals surface area (Å²) in [4.78, 5) is 0. The molecular weight excluding hydrogens is 244 g/mol. The molecule has 0 spiro atoms. The lowest BCUT2D eigenvalue weighted by atomic mass is 10.1. The highest BCUT2D eigenvalue weighted by atomic mass is 79.9. The summed E-state index contributed by atoms with van der Waals surface area (Å²) in [5, 5.41) is 21.3. The van der Waals surface area contributed by atoms with Crippen LogP contribution in [0.4, 0.5) is 0 Å². The summed E-state index contributed by atoms with van der Waals surface area (Å²) in [6.45, 7) is 0.466. The van der Waals surface area contributed by atoms with E-state index in [2.05, 4.69) is 21.2 Å². The normalized spacial score (nSPS) is 12.1. The molecule has 0 saturated heterocycles. The first-order chi connectivity index (χ1) is 6.69. The van der Waals surface area contributed by atoms with Gasteiger partial charge in [-0.25, -0.2) is 0 Å². The van der Waals surface area contributed by atoms with Crippen LogP contribution in [0.3, 0.4) is 0 Å². The maximum absolute atomic E-state index is 9.72. The summed E-state index contributed by atoms with van der Waals surface area (Å²) in [6.07, 6.45) is -0.595. The monoisotopic (exact) mass is 254 g/mol. The van der Waals surface area contributed by atoms with E-state index in [0.717, 1.165) is 10.0 Å². The van der Waals surface area contributed by atoms with E-state index in [4.69, 9.17) is 5.26 Å². The number of nitrogens with one attached hydrogen (secondary N) is 1. The lowest BCUT2D eigenvalue weighted by molar-refractivity contribution is 0.177. The van der Waals surface area contributed by atoms with Crippen molar-refractivity contribution in [1.82, 2.24) is 5.32 Å². The van der Waals surface area contributed by atoms with E-state index in [1.807, 2.05) is 6.07 Å². The average molecular weight is 255 g/mol. The Kier molecular flexibility index (Phi) is 4.08. The van der Waals surface area contributed by atoms with E-state index >= 15 is 0 Å². The van der Waals surface area contributed by atoms with Gasteiger partial charge in [0.25, 0.3) is 0 Å². The Bertz CT molecular complexity index is 360. The zero-order chi connectivity index (χ0) is 10.6. The summed E-state index contributed by atoms with van der Waals surface area (Å²) >= 11 is 3.33. The molecule has 0 radical (unpaired) electrons. The molecule has 2 N–H and O–H groups in total. The second kappa shape index (κ2) is 5.11. The quantitative estimate of drug-likeness (QED) is 0.862.